The number of aromatic nitrogens is 3. The molecule has 7 nitrogen and oxygen atoms in total. The van der Waals surface area contributed by atoms with E-state index in [2.05, 4.69) is 20.7 Å². The topological polar surface area (TPSA) is 92.1 Å². The van der Waals surface area contributed by atoms with Crippen LogP contribution < -0.4 is 10.6 Å². The molecule has 0 aliphatic heterocycles. The molecular formula is C16H23N5O2. The number of carbonyl (C=O) groups is 1. The third-order valence-electron chi connectivity index (χ3n) is 3.44. The second kappa shape index (κ2) is 8.28. The summed E-state index contributed by atoms with van der Waals surface area (Å²) in [5.74, 6) is 0. The van der Waals surface area contributed by atoms with E-state index >= 15 is 0 Å². The van der Waals surface area contributed by atoms with Gasteiger partial charge in [0.15, 0.2) is 0 Å². The summed E-state index contributed by atoms with van der Waals surface area (Å²) in [7, 11) is 0. The zero-order valence-electron chi connectivity index (χ0n) is 13.4. The van der Waals surface area contributed by atoms with Crippen molar-refractivity contribution in [2.24, 2.45) is 0 Å². The molecule has 3 N–H and O–H groups in total. The number of nitrogens with one attached hydrogen (secondary N) is 2. The van der Waals surface area contributed by atoms with Crippen molar-refractivity contribution in [2.75, 3.05) is 0 Å². The fraction of sp³-hybridized carbons (Fsp3) is 0.438. The molecule has 0 aliphatic carbocycles. The standard InChI is InChI=1S/C16H23N5O2/c1-12(8-15(22)14-6-4-3-5-7-14)19-16(23)20-13(2)9-21-11-17-10-18-21/h3-7,10-13,15,22H,8-9H2,1-2H3,(H2,19,20,23). The van der Waals surface area contributed by atoms with Crippen LogP contribution in [0.3, 0.4) is 0 Å². The number of carbonyl (C=O) groups excluding carboxylic acids is 1. The van der Waals surface area contributed by atoms with Crippen LogP contribution in [0.5, 0.6) is 0 Å². The molecule has 1 heterocycles. The molecule has 0 aliphatic rings. The highest BCUT2D eigenvalue weighted by Gasteiger charge is 2.15. The minimum Gasteiger partial charge on any atom is -0.388 e. The SMILES string of the molecule is CC(CC(O)c1ccccc1)NC(=O)NC(C)Cn1cncn1. The van der Waals surface area contributed by atoms with E-state index in [-0.39, 0.29) is 18.1 Å². The minimum absolute atomic E-state index is 0.0806. The van der Waals surface area contributed by atoms with Crippen LogP contribution in [0.2, 0.25) is 0 Å². The zero-order chi connectivity index (χ0) is 16.7. The number of hydrogen-bond acceptors (Lipinski definition) is 4. The van der Waals surface area contributed by atoms with Crippen LogP contribution in [-0.4, -0.2) is 38.0 Å². The monoisotopic (exact) mass is 317 g/mol. The van der Waals surface area contributed by atoms with Crippen LogP contribution >= 0.6 is 0 Å². The van der Waals surface area contributed by atoms with Gasteiger partial charge in [0.05, 0.1) is 12.6 Å². The second-order valence-corrected chi connectivity index (χ2v) is 5.70. The Bertz CT molecular complexity index is 588. The van der Waals surface area contributed by atoms with E-state index in [9.17, 15) is 9.90 Å². The Labute approximate surface area is 135 Å². The lowest BCUT2D eigenvalue weighted by atomic mass is 10.0. The van der Waals surface area contributed by atoms with Gasteiger partial charge >= 0.3 is 6.03 Å². The van der Waals surface area contributed by atoms with Crippen molar-refractivity contribution >= 4 is 6.03 Å². The minimum atomic E-state index is -0.598. The molecule has 0 bridgehead atoms. The molecule has 1 aromatic heterocycles. The number of aliphatic hydroxyl groups excluding tert-OH is 1. The van der Waals surface area contributed by atoms with Crippen molar-refractivity contribution < 1.29 is 9.90 Å². The first kappa shape index (κ1) is 17.0. The van der Waals surface area contributed by atoms with Gasteiger partial charge in [0, 0.05) is 12.1 Å². The molecule has 0 saturated heterocycles. The number of benzene rings is 1. The molecule has 0 spiro atoms. The van der Waals surface area contributed by atoms with E-state index in [1.807, 2.05) is 44.2 Å². The third-order valence-corrected chi connectivity index (χ3v) is 3.44. The molecule has 3 atom stereocenters. The maximum absolute atomic E-state index is 12.0. The van der Waals surface area contributed by atoms with Gasteiger partial charge in [-0.2, -0.15) is 5.10 Å². The molecule has 2 rings (SSSR count). The van der Waals surface area contributed by atoms with Crippen molar-refractivity contribution in [1.29, 1.82) is 0 Å². The lowest BCUT2D eigenvalue weighted by Crippen LogP contribution is -2.46. The maximum Gasteiger partial charge on any atom is 0.315 e. The summed E-state index contributed by atoms with van der Waals surface area (Å²) in [6, 6.07) is 8.93. The quantitative estimate of drug-likeness (QED) is 0.721. The van der Waals surface area contributed by atoms with Crippen LogP contribution in [0.25, 0.3) is 0 Å². The van der Waals surface area contributed by atoms with E-state index < -0.39 is 6.10 Å². The molecule has 0 radical (unpaired) electrons. The Kier molecular flexibility index (Phi) is 6.10. The summed E-state index contributed by atoms with van der Waals surface area (Å²) in [4.78, 5) is 15.8. The Morgan fingerprint density at radius 3 is 2.57 bits per heavy atom. The molecule has 7 heteroatoms. The highest BCUT2D eigenvalue weighted by molar-refractivity contribution is 5.74. The van der Waals surface area contributed by atoms with Gasteiger partial charge in [0.25, 0.3) is 0 Å². The largest absolute Gasteiger partial charge is 0.388 e. The molecule has 124 valence electrons. The molecule has 2 aromatic rings. The normalized spacial score (nSPS) is 14.7. The Morgan fingerprint density at radius 2 is 1.91 bits per heavy atom. The lowest BCUT2D eigenvalue weighted by Gasteiger charge is -2.20. The van der Waals surface area contributed by atoms with Gasteiger partial charge in [-0.3, -0.25) is 4.68 Å². The number of amides is 2. The highest BCUT2D eigenvalue weighted by atomic mass is 16.3. The summed E-state index contributed by atoms with van der Waals surface area (Å²) in [6.45, 7) is 4.31. The van der Waals surface area contributed by atoms with Crippen LogP contribution in [0, 0.1) is 0 Å². The van der Waals surface area contributed by atoms with Gasteiger partial charge < -0.3 is 15.7 Å². The molecule has 0 saturated carbocycles. The van der Waals surface area contributed by atoms with E-state index in [4.69, 9.17) is 0 Å². The molecule has 23 heavy (non-hydrogen) atoms. The Morgan fingerprint density at radius 1 is 1.22 bits per heavy atom. The van der Waals surface area contributed by atoms with Crippen molar-refractivity contribution in [3.8, 4) is 0 Å². The molecule has 0 fully saturated rings. The number of aliphatic hydroxyl groups is 1. The van der Waals surface area contributed by atoms with Gasteiger partial charge in [-0.25, -0.2) is 9.78 Å². The van der Waals surface area contributed by atoms with Crippen molar-refractivity contribution in [3.63, 3.8) is 0 Å². The predicted molar refractivity (Wildman–Crippen MR) is 86.6 cm³/mol. The van der Waals surface area contributed by atoms with Gasteiger partial charge in [-0.05, 0) is 25.8 Å². The second-order valence-electron chi connectivity index (χ2n) is 5.70. The smallest absolute Gasteiger partial charge is 0.315 e. The fourth-order valence-electron chi connectivity index (χ4n) is 2.35. The first-order chi connectivity index (χ1) is 11.0. The average molecular weight is 317 g/mol. The summed E-state index contributed by atoms with van der Waals surface area (Å²) in [6.07, 6.45) is 2.92. The number of nitrogens with zero attached hydrogens (tertiary/aromatic N) is 3. The number of rotatable bonds is 7. The zero-order valence-corrected chi connectivity index (χ0v) is 13.4. The molecule has 2 amide bonds. The van der Waals surface area contributed by atoms with Crippen LogP contribution in [0.1, 0.15) is 31.9 Å². The van der Waals surface area contributed by atoms with E-state index in [0.29, 0.717) is 13.0 Å². The van der Waals surface area contributed by atoms with Gasteiger partial charge in [0.1, 0.15) is 12.7 Å². The summed E-state index contributed by atoms with van der Waals surface area (Å²) >= 11 is 0. The molecule has 3 unspecified atom stereocenters. The Balaban J connectivity index is 1.73. The van der Waals surface area contributed by atoms with Gasteiger partial charge in [-0.1, -0.05) is 30.3 Å². The predicted octanol–water partition coefficient (Wildman–Crippen LogP) is 1.48. The number of hydrogen-bond donors (Lipinski definition) is 3. The van der Waals surface area contributed by atoms with Crippen molar-refractivity contribution in [2.45, 2.75) is 45.0 Å². The average Bonchev–Trinajstić information content (AvgIpc) is 3.00. The van der Waals surface area contributed by atoms with Crippen LogP contribution in [0.4, 0.5) is 4.79 Å². The van der Waals surface area contributed by atoms with Gasteiger partial charge in [0.2, 0.25) is 0 Å². The summed E-state index contributed by atoms with van der Waals surface area (Å²) < 4.78 is 1.66. The van der Waals surface area contributed by atoms with Crippen LogP contribution in [0.15, 0.2) is 43.0 Å². The number of urea groups is 1. The fourth-order valence-corrected chi connectivity index (χ4v) is 2.35. The summed E-state index contributed by atoms with van der Waals surface area (Å²) in [5.41, 5.74) is 0.848. The molecular weight excluding hydrogens is 294 g/mol. The van der Waals surface area contributed by atoms with E-state index in [0.717, 1.165) is 5.56 Å². The maximum atomic E-state index is 12.0. The van der Waals surface area contributed by atoms with Crippen molar-refractivity contribution in [1.82, 2.24) is 25.4 Å². The van der Waals surface area contributed by atoms with Crippen LogP contribution in [-0.2, 0) is 6.54 Å². The van der Waals surface area contributed by atoms with Gasteiger partial charge in [-0.15, -0.1) is 0 Å². The summed E-state index contributed by atoms with van der Waals surface area (Å²) in [5, 5.41) is 19.8. The first-order valence-electron chi connectivity index (χ1n) is 7.67. The van der Waals surface area contributed by atoms with E-state index in [1.54, 1.807) is 11.0 Å². The first-order valence-corrected chi connectivity index (χ1v) is 7.67. The molecule has 1 aromatic carbocycles. The van der Waals surface area contributed by atoms with E-state index in [1.165, 1.54) is 6.33 Å². The highest BCUT2D eigenvalue weighted by Crippen LogP contribution is 2.17. The van der Waals surface area contributed by atoms with Crippen molar-refractivity contribution in [3.05, 3.63) is 48.5 Å². The third kappa shape index (κ3) is 5.71. The lowest BCUT2D eigenvalue weighted by molar-refractivity contribution is 0.154. The Hall–Kier alpha value is -2.41.